The Labute approximate surface area is 81.9 Å². The highest BCUT2D eigenvalue weighted by Crippen LogP contribution is 2.24. The topological polar surface area (TPSA) is 25.8 Å². The molecule has 0 fully saturated rings. The van der Waals surface area contributed by atoms with Crippen LogP contribution in [0.3, 0.4) is 0 Å². The number of benzene rings is 1. The van der Waals surface area contributed by atoms with Crippen LogP contribution in [0.25, 0.3) is 11.0 Å². The van der Waals surface area contributed by atoms with Gasteiger partial charge < -0.3 is 0 Å². The van der Waals surface area contributed by atoms with E-state index < -0.39 is 0 Å². The van der Waals surface area contributed by atoms with Gasteiger partial charge >= 0.3 is 0 Å². The van der Waals surface area contributed by atoms with Gasteiger partial charge in [0.1, 0.15) is 11.0 Å². The van der Waals surface area contributed by atoms with Crippen LogP contribution in [0, 0.1) is 0 Å². The molecule has 13 heavy (non-hydrogen) atoms. The SMILES string of the molecule is CC(C)(C)c1ccc2nsnc2c1. The molecule has 68 valence electrons. The van der Waals surface area contributed by atoms with Crippen LogP contribution >= 0.6 is 11.7 Å². The zero-order valence-corrected chi connectivity index (χ0v) is 8.85. The number of rotatable bonds is 0. The molecule has 2 rings (SSSR count). The molecule has 0 aliphatic carbocycles. The largest absolute Gasteiger partial charge is 0.173 e. The Balaban J connectivity index is 2.61. The molecule has 0 saturated carbocycles. The Hall–Kier alpha value is -0.960. The first kappa shape index (κ1) is 8.63. The molecule has 0 N–H and O–H groups in total. The van der Waals surface area contributed by atoms with Gasteiger partial charge in [-0.1, -0.05) is 26.8 Å². The average molecular weight is 192 g/mol. The van der Waals surface area contributed by atoms with Crippen molar-refractivity contribution in [2.24, 2.45) is 0 Å². The van der Waals surface area contributed by atoms with Gasteiger partial charge in [0.05, 0.1) is 11.7 Å². The van der Waals surface area contributed by atoms with Crippen LogP contribution in [0.4, 0.5) is 0 Å². The summed E-state index contributed by atoms with van der Waals surface area (Å²) in [7, 11) is 0. The normalized spacial score (nSPS) is 12.2. The van der Waals surface area contributed by atoms with Crippen molar-refractivity contribution in [3.63, 3.8) is 0 Å². The molecule has 0 aliphatic heterocycles. The molecule has 0 aliphatic rings. The van der Waals surface area contributed by atoms with Gasteiger partial charge in [-0.2, -0.15) is 8.75 Å². The predicted octanol–water partition coefficient (Wildman–Crippen LogP) is 2.99. The van der Waals surface area contributed by atoms with E-state index in [2.05, 4.69) is 41.7 Å². The van der Waals surface area contributed by atoms with Crippen LogP contribution in [0.1, 0.15) is 26.3 Å². The van der Waals surface area contributed by atoms with Crippen LogP contribution in [0.2, 0.25) is 0 Å². The summed E-state index contributed by atoms with van der Waals surface area (Å²) in [6, 6.07) is 6.29. The van der Waals surface area contributed by atoms with E-state index in [4.69, 9.17) is 0 Å². The summed E-state index contributed by atoms with van der Waals surface area (Å²) in [4.78, 5) is 0. The Morgan fingerprint density at radius 3 is 2.46 bits per heavy atom. The van der Waals surface area contributed by atoms with Crippen LogP contribution in [0.5, 0.6) is 0 Å². The summed E-state index contributed by atoms with van der Waals surface area (Å²) in [6.45, 7) is 6.61. The van der Waals surface area contributed by atoms with E-state index in [0.717, 1.165) is 11.0 Å². The second-order valence-corrected chi connectivity index (χ2v) is 4.75. The van der Waals surface area contributed by atoms with Gasteiger partial charge in [-0.15, -0.1) is 0 Å². The molecule has 0 bridgehead atoms. The Morgan fingerprint density at radius 1 is 1.08 bits per heavy atom. The molecule has 1 aromatic carbocycles. The summed E-state index contributed by atoms with van der Waals surface area (Å²) in [5, 5.41) is 0. The van der Waals surface area contributed by atoms with Gasteiger partial charge in [-0.05, 0) is 23.1 Å². The second kappa shape index (κ2) is 2.77. The maximum atomic E-state index is 4.22. The molecule has 0 amide bonds. The molecule has 2 nitrogen and oxygen atoms in total. The molecule has 0 saturated heterocycles. The zero-order valence-electron chi connectivity index (χ0n) is 8.03. The molecule has 0 unspecified atom stereocenters. The maximum Gasteiger partial charge on any atom is 0.105 e. The average Bonchev–Trinajstić information content (AvgIpc) is 2.47. The van der Waals surface area contributed by atoms with E-state index in [9.17, 15) is 0 Å². The van der Waals surface area contributed by atoms with E-state index in [1.54, 1.807) is 0 Å². The van der Waals surface area contributed by atoms with E-state index in [-0.39, 0.29) is 5.41 Å². The van der Waals surface area contributed by atoms with Crippen molar-refractivity contribution in [1.29, 1.82) is 0 Å². The number of hydrogen-bond donors (Lipinski definition) is 0. The lowest BCUT2D eigenvalue weighted by Crippen LogP contribution is -2.10. The molecule has 1 aromatic heterocycles. The van der Waals surface area contributed by atoms with Crippen molar-refractivity contribution >= 4 is 22.8 Å². The molecular formula is C10H12N2S. The minimum absolute atomic E-state index is 0.192. The van der Waals surface area contributed by atoms with Gasteiger partial charge in [-0.25, -0.2) is 0 Å². The zero-order chi connectivity index (χ0) is 9.47. The Kier molecular flexibility index (Phi) is 1.84. The first-order valence-electron chi connectivity index (χ1n) is 4.30. The predicted molar refractivity (Wildman–Crippen MR) is 56.1 cm³/mol. The van der Waals surface area contributed by atoms with E-state index in [0.29, 0.717) is 0 Å². The van der Waals surface area contributed by atoms with Crippen molar-refractivity contribution in [1.82, 2.24) is 8.75 Å². The molecular weight excluding hydrogens is 180 g/mol. The minimum Gasteiger partial charge on any atom is -0.173 e. The summed E-state index contributed by atoms with van der Waals surface area (Å²) < 4.78 is 8.40. The second-order valence-electron chi connectivity index (χ2n) is 4.22. The van der Waals surface area contributed by atoms with Crippen molar-refractivity contribution in [2.45, 2.75) is 26.2 Å². The third-order valence-electron chi connectivity index (χ3n) is 2.12. The molecule has 2 aromatic rings. The molecule has 3 heteroatoms. The summed E-state index contributed by atoms with van der Waals surface area (Å²) in [6.07, 6.45) is 0. The fourth-order valence-corrected chi connectivity index (χ4v) is 1.77. The molecule has 0 spiro atoms. The van der Waals surface area contributed by atoms with Gasteiger partial charge in [-0.3, -0.25) is 0 Å². The monoisotopic (exact) mass is 192 g/mol. The van der Waals surface area contributed by atoms with Gasteiger partial charge in [0.15, 0.2) is 0 Å². The standard InChI is InChI=1S/C10H12N2S/c1-10(2,3)7-4-5-8-9(6-7)12-13-11-8/h4-6H,1-3H3. The Bertz CT molecular complexity index is 426. The van der Waals surface area contributed by atoms with E-state index in [1.807, 2.05) is 6.07 Å². The third-order valence-corrected chi connectivity index (χ3v) is 2.68. The van der Waals surface area contributed by atoms with Crippen LogP contribution in [0.15, 0.2) is 18.2 Å². The van der Waals surface area contributed by atoms with Crippen molar-refractivity contribution in [2.75, 3.05) is 0 Å². The lowest BCUT2D eigenvalue weighted by molar-refractivity contribution is 0.591. The van der Waals surface area contributed by atoms with Crippen molar-refractivity contribution in [3.8, 4) is 0 Å². The maximum absolute atomic E-state index is 4.22. The first-order chi connectivity index (χ1) is 6.07. The summed E-state index contributed by atoms with van der Waals surface area (Å²) in [5.41, 5.74) is 3.51. The minimum atomic E-state index is 0.192. The quantitative estimate of drug-likeness (QED) is 0.641. The fourth-order valence-electron chi connectivity index (χ4n) is 1.25. The van der Waals surface area contributed by atoms with Crippen LogP contribution in [-0.4, -0.2) is 8.75 Å². The lowest BCUT2D eigenvalue weighted by Gasteiger charge is -2.18. The highest BCUT2D eigenvalue weighted by atomic mass is 32.1. The van der Waals surface area contributed by atoms with Gasteiger partial charge in [0, 0.05) is 0 Å². The third kappa shape index (κ3) is 1.56. The summed E-state index contributed by atoms with van der Waals surface area (Å²) in [5.74, 6) is 0. The summed E-state index contributed by atoms with van der Waals surface area (Å²) >= 11 is 1.27. The smallest absolute Gasteiger partial charge is 0.105 e. The number of fused-ring (bicyclic) bond motifs is 1. The number of hydrogen-bond acceptors (Lipinski definition) is 3. The highest BCUT2D eigenvalue weighted by Gasteiger charge is 2.14. The fraction of sp³-hybridized carbons (Fsp3) is 0.400. The van der Waals surface area contributed by atoms with Crippen molar-refractivity contribution in [3.05, 3.63) is 23.8 Å². The first-order valence-corrected chi connectivity index (χ1v) is 5.03. The van der Waals surface area contributed by atoms with Crippen LogP contribution in [-0.2, 0) is 5.41 Å². The molecule has 0 atom stereocenters. The van der Waals surface area contributed by atoms with Crippen LogP contribution < -0.4 is 0 Å². The van der Waals surface area contributed by atoms with E-state index in [1.165, 1.54) is 17.3 Å². The lowest BCUT2D eigenvalue weighted by atomic mass is 9.87. The Morgan fingerprint density at radius 2 is 1.77 bits per heavy atom. The molecule has 1 heterocycles. The molecule has 0 radical (unpaired) electrons. The van der Waals surface area contributed by atoms with Crippen molar-refractivity contribution < 1.29 is 0 Å². The van der Waals surface area contributed by atoms with E-state index >= 15 is 0 Å². The number of aromatic nitrogens is 2. The highest BCUT2D eigenvalue weighted by molar-refractivity contribution is 7.00. The number of nitrogens with zero attached hydrogens (tertiary/aromatic N) is 2. The van der Waals surface area contributed by atoms with Gasteiger partial charge in [0.25, 0.3) is 0 Å². The van der Waals surface area contributed by atoms with Gasteiger partial charge in [0.2, 0.25) is 0 Å².